The average Bonchev–Trinajstić information content (AvgIpc) is 2.37. The standard InChI is InChI=1S/C13H17F3N2O2/c1-9(11-4-2-10(6-17)3-5-11)18-12(19)7-20-8-13(14,15)16/h2-5,9H,6-8,17H2,1H3,(H,18,19). The van der Waals surface area contributed by atoms with Gasteiger partial charge in [0.25, 0.3) is 0 Å². The molecule has 0 aromatic heterocycles. The molecule has 0 saturated carbocycles. The van der Waals surface area contributed by atoms with Crippen molar-refractivity contribution >= 4 is 5.91 Å². The molecular weight excluding hydrogens is 273 g/mol. The Morgan fingerprint density at radius 1 is 1.35 bits per heavy atom. The van der Waals surface area contributed by atoms with E-state index >= 15 is 0 Å². The second-order valence-corrected chi connectivity index (χ2v) is 4.34. The van der Waals surface area contributed by atoms with Crippen molar-refractivity contribution in [1.82, 2.24) is 5.32 Å². The summed E-state index contributed by atoms with van der Waals surface area (Å²) in [5, 5.41) is 2.56. The van der Waals surface area contributed by atoms with Crippen LogP contribution in [0.5, 0.6) is 0 Å². The zero-order chi connectivity index (χ0) is 15.2. The van der Waals surface area contributed by atoms with E-state index in [9.17, 15) is 18.0 Å². The number of hydrogen-bond donors (Lipinski definition) is 2. The predicted octanol–water partition coefficient (Wildman–Crippen LogP) is 1.90. The van der Waals surface area contributed by atoms with Crippen LogP contribution in [0.25, 0.3) is 0 Å². The number of carbonyl (C=O) groups excluding carboxylic acids is 1. The van der Waals surface area contributed by atoms with Gasteiger partial charge in [0.15, 0.2) is 0 Å². The molecule has 1 rings (SSSR count). The summed E-state index contributed by atoms with van der Waals surface area (Å²) in [7, 11) is 0. The largest absolute Gasteiger partial charge is 0.411 e. The first-order valence-corrected chi connectivity index (χ1v) is 6.04. The number of hydrogen-bond acceptors (Lipinski definition) is 3. The van der Waals surface area contributed by atoms with Crippen molar-refractivity contribution in [2.75, 3.05) is 13.2 Å². The minimum atomic E-state index is -4.43. The summed E-state index contributed by atoms with van der Waals surface area (Å²) < 4.78 is 39.8. The van der Waals surface area contributed by atoms with E-state index in [0.29, 0.717) is 6.54 Å². The highest BCUT2D eigenvalue weighted by molar-refractivity contribution is 5.77. The normalized spacial score (nSPS) is 13.1. The number of carbonyl (C=O) groups is 1. The molecule has 112 valence electrons. The van der Waals surface area contributed by atoms with Crippen LogP contribution in [0.1, 0.15) is 24.1 Å². The van der Waals surface area contributed by atoms with Crippen molar-refractivity contribution in [3.05, 3.63) is 35.4 Å². The summed E-state index contributed by atoms with van der Waals surface area (Å²) in [4.78, 5) is 11.4. The highest BCUT2D eigenvalue weighted by Gasteiger charge is 2.27. The highest BCUT2D eigenvalue weighted by Crippen LogP contribution is 2.15. The Morgan fingerprint density at radius 2 is 1.95 bits per heavy atom. The summed E-state index contributed by atoms with van der Waals surface area (Å²) in [6, 6.07) is 6.97. The van der Waals surface area contributed by atoms with Crippen LogP contribution in [-0.2, 0) is 16.1 Å². The van der Waals surface area contributed by atoms with E-state index in [0.717, 1.165) is 11.1 Å². The Labute approximate surface area is 115 Å². The van der Waals surface area contributed by atoms with E-state index in [2.05, 4.69) is 10.1 Å². The molecule has 0 fully saturated rings. The number of nitrogens with two attached hydrogens (primary N) is 1. The van der Waals surface area contributed by atoms with Crippen LogP contribution in [0.4, 0.5) is 13.2 Å². The Kier molecular flexibility index (Phi) is 5.97. The van der Waals surface area contributed by atoms with Gasteiger partial charge in [0.05, 0.1) is 6.04 Å². The maximum absolute atomic E-state index is 11.8. The van der Waals surface area contributed by atoms with Gasteiger partial charge < -0.3 is 15.8 Å². The van der Waals surface area contributed by atoms with E-state index in [1.54, 1.807) is 6.92 Å². The Bertz CT molecular complexity index is 432. The third kappa shape index (κ3) is 6.03. The lowest BCUT2D eigenvalue weighted by atomic mass is 10.1. The molecule has 7 heteroatoms. The Balaban J connectivity index is 2.40. The van der Waals surface area contributed by atoms with Gasteiger partial charge in [-0.15, -0.1) is 0 Å². The van der Waals surface area contributed by atoms with Gasteiger partial charge in [-0.25, -0.2) is 0 Å². The molecule has 0 aliphatic rings. The van der Waals surface area contributed by atoms with Gasteiger partial charge in [0.1, 0.15) is 13.2 Å². The van der Waals surface area contributed by atoms with Crippen LogP contribution in [0.3, 0.4) is 0 Å². The zero-order valence-electron chi connectivity index (χ0n) is 11.0. The van der Waals surface area contributed by atoms with E-state index in [4.69, 9.17) is 5.73 Å². The van der Waals surface area contributed by atoms with Crippen LogP contribution in [0.2, 0.25) is 0 Å². The van der Waals surface area contributed by atoms with Crippen LogP contribution in [0.15, 0.2) is 24.3 Å². The van der Waals surface area contributed by atoms with Gasteiger partial charge in [-0.05, 0) is 18.1 Å². The fourth-order valence-electron chi connectivity index (χ4n) is 1.57. The number of ether oxygens (including phenoxy) is 1. The molecule has 0 spiro atoms. The summed E-state index contributed by atoms with van der Waals surface area (Å²) in [6.45, 7) is 0.107. The van der Waals surface area contributed by atoms with E-state index in [-0.39, 0.29) is 6.04 Å². The van der Waals surface area contributed by atoms with Crippen LogP contribution in [0, 0.1) is 0 Å². The number of benzene rings is 1. The summed E-state index contributed by atoms with van der Waals surface area (Å²) >= 11 is 0. The molecule has 0 aliphatic heterocycles. The van der Waals surface area contributed by atoms with Gasteiger partial charge in [0, 0.05) is 6.54 Å². The van der Waals surface area contributed by atoms with Crippen molar-refractivity contribution in [1.29, 1.82) is 0 Å². The third-order valence-electron chi connectivity index (χ3n) is 2.59. The van der Waals surface area contributed by atoms with Crippen LogP contribution in [-0.4, -0.2) is 25.3 Å². The van der Waals surface area contributed by atoms with Gasteiger partial charge in [-0.1, -0.05) is 24.3 Å². The van der Waals surface area contributed by atoms with Crippen LogP contribution >= 0.6 is 0 Å². The molecule has 0 saturated heterocycles. The average molecular weight is 290 g/mol. The maximum atomic E-state index is 11.8. The lowest BCUT2D eigenvalue weighted by Gasteiger charge is -2.15. The molecule has 0 aliphatic carbocycles. The monoisotopic (exact) mass is 290 g/mol. The Hall–Kier alpha value is -1.60. The summed E-state index contributed by atoms with van der Waals surface area (Å²) in [6.07, 6.45) is -4.43. The SMILES string of the molecule is CC(NC(=O)COCC(F)(F)F)c1ccc(CN)cc1. The van der Waals surface area contributed by atoms with Gasteiger partial charge in [-0.3, -0.25) is 4.79 Å². The van der Waals surface area contributed by atoms with Crippen molar-refractivity contribution in [2.45, 2.75) is 25.7 Å². The molecule has 20 heavy (non-hydrogen) atoms. The third-order valence-corrected chi connectivity index (χ3v) is 2.59. The highest BCUT2D eigenvalue weighted by atomic mass is 19.4. The quantitative estimate of drug-likeness (QED) is 0.841. The van der Waals surface area contributed by atoms with Crippen LogP contribution < -0.4 is 11.1 Å². The summed E-state index contributed by atoms with van der Waals surface area (Å²) in [5.74, 6) is -0.593. The number of amides is 1. The molecule has 0 bridgehead atoms. The van der Waals surface area contributed by atoms with Crippen molar-refractivity contribution in [3.8, 4) is 0 Å². The molecule has 3 N–H and O–H groups in total. The molecule has 1 unspecified atom stereocenters. The second kappa shape index (κ2) is 7.25. The minimum absolute atomic E-state index is 0.316. The topological polar surface area (TPSA) is 64.3 Å². The lowest BCUT2D eigenvalue weighted by Crippen LogP contribution is -2.31. The fourth-order valence-corrected chi connectivity index (χ4v) is 1.57. The second-order valence-electron chi connectivity index (χ2n) is 4.34. The minimum Gasteiger partial charge on any atom is -0.362 e. The Morgan fingerprint density at radius 3 is 2.45 bits per heavy atom. The molecular formula is C13H17F3N2O2. The lowest BCUT2D eigenvalue weighted by molar-refractivity contribution is -0.175. The van der Waals surface area contributed by atoms with Gasteiger partial charge in [-0.2, -0.15) is 13.2 Å². The van der Waals surface area contributed by atoms with Gasteiger partial charge in [0.2, 0.25) is 5.91 Å². The van der Waals surface area contributed by atoms with Crippen molar-refractivity contribution in [2.24, 2.45) is 5.73 Å². The summed E-state index contributed by atoms with van der Waals surface area (Å²) in [5.41, 5.74) is 7.27. The maximum Gasteiger partial charge on any atom is 0.411 e. The molecule has 4 nitrogen and oxygen atoms in total. The fraction of sp³-hybridized carbons (Fsp3) is 0.462. The predicted molar refractivity (Wildman–Crippen MR) is 67.8 cm³/mol. The van der Waals surface area contributed by atoms with Crippen molar-refractivity contribution in [3.63, 3.8) is 0 Å². The molecule has 1 aromatic rings. The molecule has 0 radical (unpaired) electrons. The smallest absolute Gasteiger partial charge is 0.362 e. The molecule has 0 heterocycles. The van der Waals surface area contributed by atoms with E-state index < -0.39 is 25.3 Å². The number of alkyl halides is 3. The first-order valence-electron chi connectivity index (χ1n) is 6.04. The van der Waals surface area contributed by atoms with Gasteiger partial charge >= 0.3 is 6.18 Å². The first-order chi connectivity index (χ1) is 9.31. The molecule has 1 atom stereocenters. The molecule has 1 amide bonds. The van der Waals surface area contributed by atoms with E-state index in [1.807, 2.05) is 24.3 Å². The number of rotatable bonds is 6. The first kappa shape index (κ1) is 16.5. The molecule has 1 aromatic carbocycles. The number of nitrogens with one attached hydrogen (secondary N) is 1. The van der Waals surface area contributed by atoms with Crippen molar-refractivity contribution < 1.29 is 22.7 Å². The zero-order valence-corrected chi connectivity index (χ0v) is 11.0. The van der Waals surface area contributed by atoms with E-state index in [1.165, 1.54) is 0 Å². The number of halogens is 3.